The Kier molecular flexibility index (Phi) is 21.6. The van der Waals surface area contributed by atoms with Crippen molar-refractivity contribution in [2.24, 2.45) is 27.9 Å². The number of hydrogen-bond donors (Lipinski definition) is 15. The van der Waals surface area contributed by atoms with Crippen LogP contribution < -0.4 is 54.8 Å². The number of H-pyrrole nitrogens is 1. The third-order valence-corrected chi connectivity index (χ3v) is 9.01. The lowest BCUT2D eigenvalue weighted by Crippen LogP contribution is -2.62. The van der Waals surface area contributed by atoms with E-state index >= 15 is 0 Å². The molecule has 0 spiro atoms. The highest BCUT2D eigenvalue weighted by atomic mass is 16.4. The maximum absolute atomic E-state index is 13.8. The first-order valence-electron chi connectivity index (χ1n) is 19.4. The van der Waals surface area contributed by atoms with Gasteiger partial charge >= 0.3 is 11.9 Å². The molecule has 1 aromatic heterocycles. The molecule has 19 N–H and O–H groups in total. The van der Waals surface area contributed by atoms with E-state index in [1.807, 2.05) is 0 Å². The normalized spacial score (nSPS) is 14.7. The van der Waals surface area contributed by atoms with E-state index in [1.165, 1.54) is 19.4 Å². The van der Waals surface area contributed by atoms with E-state index in [0.717, 1.165) is 0 Å². The van der Waals surface area contributed by atoms with E-state index in [4.69, 9.17) is 22.9 Å². The largest absolute Gasteiger partial charge is 0.481 e. The van der Waals surface area contributed by atoms with Gasteiger partial charge in [0.15, 0.2) is 5.96 Å². The lowest BCUT2D eigenvalue weighted by molar-refractivity contribution is -0.143. The van der Waals surface area contributed by atoms with E-state index in [0.29, 0.717) is 11.3 Å². The zero-order chi connectivity index (χ0) is 47.2. The summed E-state index contributed by atoms with van der Waals surface area (Å²) >= 11 is 0. The van der Waals surface area contributed by atoms with Gasteiger partial charge in [0, 0.05) is 37.7 Å². The molecule has 0 aliphatic rings. The Balaban J connectivity index is 2.31. The summed E-state index contributed by atoms with van der Waals surface area (Å²) in [5, 5.41) is 53.3. The standard InChI is InChI=1S/C37H55N13O13/c1-18(52)29(50-30(56)21(38)13-20-15-42-17-44-20)35(61)48-24(12-19-6-3-2-4-7-19)32(58)49-26(16-51)34(60)47-25(14-28(54)55)33(59)45-22(8-5-11-43-37(40)41)31(57)46-23(36(62)63)9-10-27(39)53/h2-4,6-7,15,17-18,21-26,29,51-52H,5,8-14,16,38H2,1H3,(H2,39,53)(H,42,44)(H,45,59)(H,46,57)(H,47,60)(H,48,61)(H,49,58)(H,50,56)(H,54,55)(H,62,63)(H4,40,41,43)/t18-,21+,22+,23+,24+,25+,26+,29+/m1/s1. The van der Waals surface area contributed by atoms with Gasteiger partial charge in [0.1, 0.15) is 36.3 Å². The van der Waals surface area contributed by atoms with Crippen LogP contribution in [0, 0.1) is 0 Å². The Bertz CT molecular complexity index is 1910. The second-order valence-corrected chi connectivity index (χ2v) is 14.2. The van der Waals surface area contributed by atoms with Crippen LogP contribution in [0.25, 0.3) is 0 Å². The van der Waals surface area contributed by atoms with Crippen molar-refractivity contribution >= 4 is 59.2 Å². The fraction of sp³-hybridized carbons (Fsp3) is 0.486. The van der Waals surface area contributed by atoms with Gasteiger partial charge in [-0.1, -0.05) is 30.3 Å². The Labute approximate surface area is 359 Å². The van der Waals surface area contributed by atoms with Gasteiger partial charge in [0.2, 0.25) is 41.4 Å². The maximum atomic E-state index is 13.8. The van der Waals surface area contributed by atoms with Gasteiger partial charge in [-0.25, -0.2) is 9.78 Å². The summed E-state index contributed by atoms with van der Waals surface area (Å²) in [5.74, 6) is -10.9. The molecule has 0 fully saturated rings. The third-order valence-electron chi connectivity index (χ3n) is 9.01. The number of benzene rings is 1. The first kappa shape index (κ1) is 51.9. The van der Waals surface area contributed by atoms with Crippen molar-refractivity contribution in [1.29, 1.82) is 0 Å². The van der Waals surface area contributed by atoms with E-state index in [1.54, 1.807) is 30.3 Å². The van der Waals surface area contributed by atoms with Gasteiger partial charge in [-0.2, -0.15) is 0 Å². The third kappa shape index (κ3) is 19.0. The zero-order valence-corrected chi connectivity index (χ0v) is 34.2. The minimum Gasteiger partial charge on any atom is -0.481 e. The summed E-state index contributed by atoms with van der Waals surface area (Å²) in [6.07, 6.45) is -1.06. The van der Waals surface area contributed by atoms with Gasteiger partial charge in [0.25, 0.3) is 0 Å². The van der Waals surface area contributed by atoms with Crippen LogP contribution in [0.1, 0.15) is 50.3 Å². The van der Waals surface area contributed by atoms with E-state index in [2.05, 4.69) is 46.9 Å². The Morgan fingerprint density at radius 3 is 1.86 bits per heavy atom. The van der Waals surface area contributed by atoms with E-state index in [9.17, 15) is 63.6 Å². The van der Waals surface area contributed by atoms with Crippen molar-refractivity contribution in [3.63, 3.8) is 0 Å². The molecule has 0 bridgehead atoms. The number of aliphatic imine (C=N–C) groups is 1. The molecule has 7 amide bonds. The number of aromatic nitrogens is 2. The highest BCUT2D eigenvalue weighted by Crippen LogP contribution is 2.08. The first-order valence-corrected chi connectivity index (χ1v) is 19.4. The van der Waals surface area contributed by atoms with Gasteiger partial charge in [0.05, 0.1) is 31.5 Å². The highest BCUT2D eigenvalue weighted by Gasteiger charge is 2.35. The summed E-state index contributed by atoms with van der Waals surface area (Å²) in [5.41, 5.74) is 22.8. The van der Waals surface area contributed by atoms with E-state index < -0.39 is 128 Å². The molecule has 1 heterocycles. The van der Waals surface area contributed by atoms with Crippen LogP contribution in [-0.2, 0) is 56.0 Å². The number of carbonyl (C=O) groups excluding carboxylic acids is 7. The van der Waals surface area contributed by atoms with Crippen molar-refractivity contribution in [2.75, 3.05) is 13.2 Å². The topological polar surface area (TPSA) is 452 Å². The number of aromatic amines is 1. The number of imidazole rings is 1. The molecule has 0 unspecified atom stereocenters. The molecule has 26 nitrogen and oxygen atoms in total. The molecule has 26 heteroatoms. The summed E-state index contributed by atoms with van der Waals surface area (Å²) in [4.78, 5) is 126. The van der Waals surface area contributed by atoms with Crippen LogP contribution in [0.5, 0.6) is 0 Å². The number of rotatable bonds is 28. The smallest absolute Gasteiger partial charge is 0.326 e. The molecule has 63 heavy (non-hydrogen) atoms. The van der Waals surface area contributed by atoms with Gasteiger partial charge in [-0.3, -0.25) is 43.3 Å². The van der Waals surface area contributed by atoms with Crippen LogP contribution in [-0.4, -0.2) is 151 Å². The lowest BCUT2D eigenvalue weighted by atomic mass is 10.0. The van der Waals surface area contributed by atoms with Crippen molar-refractivity contribution < 1.29 is 63.6 Å². The predicted molar refractivity (Wildman–Crippen MR) is 219 cm³/mol. The fourth-order valence-electron chi connectivity index (χ4n) is 5.70. The number of hydrogen-bond acceptors (Lipinski definition) is 14. The number of carboxylic acids is 2. The van der Waals surface area contributed by atoms with Crippen molar-refractivity contribution in [2.45, 2.75) is 100 Å². The average molecular weight is 890 g/mol. The van der Waals surface area contributed by atoms with Crippen LogP contribution in [0.3, 0.4) is 0 Å². The minimum absolute atomic E-state index is 0.00210. The molecule has 0 saturated heterocycles. The number of aliphatic carboxylic acids is 2. The maximum Gasteiger partial charge on any atom is 0.326 e. The number of amides is 7. The van der Waals surface area contributed by atoms with Crippen LogP contribution in [0.4, 0.5) is 0 Å². The molecule has 2 aromatic rings. The average Bonchev–Trinajstić information content (AvgIpc) is 3.73. The molecule has 8 atom stereocenters. The quantitative estimate of drug-likeness (QED) is 0.0215. The predicted octanol–water partition coefficient (Wildman–Crippen LogP) is -6.32. The summed E-state index contributed by atoms with van der Waals surface area (Å²) in [6, 6.07) is -3.23. The molecule has 0 saturated carbocycles. The number of nitrogens with two attached hydrogens (primary N) is 4. The molecular formula is C37H55N13O13. The molecule has 2 rings (SSSR count). The van der Waals surface area contributed by atoms with Crippen LogP contribution >= 0.6 is 0 Å². The minimum atomic E-state index is -1.96. The van der Waals surface area contributed by atoms with Gasteiger partial charge in [-0.05, 0) is 31.7 Å². The van der Waals surface area contributed by atoms with Crippen molar-refractivity contribution in [3.8, 4) is 0 Å². The van der Waals surface area contributed by atoms with Gasteiger partial charge in [-0.15, -0.1) is 0 Å². The number of nitrogens with zero attached hydrogens (tertiary/aromatic N) is 2. The number of carboxylic acid groups (broad SMARTS) is 2. The number of primary amides is 1. The molecular weight excluding hydrogens is 834 g/mol. The van der Waals surface area contributed by atoms with Crippen LogP contribution in [0.15, 0.2) is 47.8 Å². The second-order valence-electron chi connectivity index (χ2n) is 14.2. The van der Waals surface area contributed by atoms with Crippen LogP contribution in [0.2, 0.25) is 0 Å². The molecule has 346 valence electrons. The van der Waals surface area contributed by atoms with Gasteiger partial charge < -0.3 is 80.2 Å². The molecule has 0 radical (unpaired) electrons. The number of aliphatic hydroxyl groups is 2. The lowest BCUT2D eigenvalue weighted by Gasteiger charge is -2.27. The Morgan fingerprint density at radius 2 is 1.30 bits per heavy atom. The van der Waals surface area contributed by atoms with Crippen molar-refractivity contribution in [1.82, 2.24) is 41.9 Å². The Hall–Kier alpha value is -7.19. The second kappa shape index (κ2) is 26.2. The molecule has 0 aliphatic carbocycles. The summed E-state index contributed by atoms with van der Waals surface area (Å²) < 4.78 is 0. The zero-order valence-electron chi connectivity index (χ0n) is 34.2. The molecule has 1 aromatic carbocycles. The SMILES string of the molecule is C[C@@H](O)[C@H](NC(=O)[C@@H](N)Cc1cnc[nH]1)C(=O)N[C@@H](Cc1ccccc1)C(=O)N[C@@H](CO)C(=O)N[C@@H](CC(=O)O)C(=O)N[C@@H](CCCN=C(N)N)C(=O)N[C@@H](CCC(N)=O)C(=O)O. The molecule has 0 aliphatic heterocycles. The summed E-state index contributed by atoms with van der Waals surface area (Å²) in [6.45, 7) is 0.0249. The number of nitrogens with one attached hydrogen (secondary N) is 7. The first-order chi connectivity index (χ1) is 29.7. The summed E-state index contributed by atoms with van der Waals surface area (Å²) in [7, 11) is 0. The monoisotopic (exact) mass is 889 g/mol. The number of aliphatic hydroxyl groups excluding tert-OH is 2. The number of carbonyl (C=O) groups is 9. The van der Waals surface area contributed by atoms with E-state index in [-0.39, 0.29) is 38.2 Å². The highest BCUT2D eigenvalue weighted by molar-refractivity contribution is 5.98. The fourth-order valence-corrected chi connectivity index (χ4v) is 5.70. The number of guanidine groups is 1. The van der Waals surface area contributed by atoms with Crippen molar-refractivity contribution in [3.05, 3.63) is 54.1 Å². The Morgan fingerprint density at radius 1 is 0.730 bits per heavy atom.